The summed E-state index contributed by atoms with van der Waals surface area (Å²) < 4.78 is 24.3. The van der Waals surface area contributed by atoms with Gasteiger partial charge in [-0.15, -0.1) is 0 Å². The molecule has 8 nitrogen and oxygen atoms in total. The maximum absolute atomic E-state index is 11.0. The highest BCUT2D eigenvalue weighted by molar-refractivity contribution is 7.88. The van der Waals surface area contributed by atoms with Gasteiger partial charge in [0.15, 0.2) is 0 Å². The molecule has 1 aromatic rings. The minimum atomic E-state index is -3.17. The summed E-state index contributed by atoms with van der Waals surface area (Å²) in [5.74, 6) is 7.37. The Morgan fingerprint density at radius 1 is 1.20 bits per heavy atom. The van der Waals surface area contributed by atoms with Gasteiger partial charge in [0.2, 0.25) is 10.0 Å². The average Bonchev–Trinajstić information content (AvgIpc) is 2.36. The van der Waals surface area contributed by atoms with Crippen LogP contribution in [0.25, 0.3) is 0 Å². The molecule has 114 valence electrons. The summed E-state index contributed by atoms with van der Waals surface area (Å²) in [7, 11) is -3.17. The van der Waals surface area contributed by atoms with E-state index in [4.69, 9.17) is 5.84 Å². The molecule has 0 saturated carbocycles. The van der Waals surface area contributed by atoms with Crippen LogP contribution in [-0.2, 0) is 16.4 Å². The molecule has 0 atom stereocenters. The average molecular weight is 302 g/mol. The van der Waals surface area contributed by atoms with Crippen molar-refractivity contribution >= 4 is 21.7 Å². The molecule has 0 unspecified atom stereocenters. The number of aromatic nitrogens is 2. The monoisotopic (exact) mass is 302 g/mol. The van der Waals surface area contributed by atoms with Gasteiger partial charge in [0, 0.05) is 25.1 Å². The second-order valence-corrected chi connectivity index (χ2v) is 6.28. The van der Waals surface area contributed by atoms with E-state index in [-0.39, 0.29) is 6.54 Å². The molecule has 5 N–H and O–H groups in total. The number of anilines is 2. The summed E-state index contributed by atoms with van der Waals surface area (Å²) >= 11 is 0. The van der Waals surface area contributed by atoms with E-state index in [9.17, 15) is 8.42 Å². The van der Waals surface area contributed by atoms with Crippen molar-refractivity contribution in [1.82, 2.24) is 14.7 Å². The van der Waals surface area contributed by atoms with Crippen molar-refractivity contribution in [1.29, 1.82) is 0 Å². The SMILES string of the molecule is CCCc1nc(NN)c(C)c(NCCNS(C)(=O)=O)n1. The number of nitrogens with two attached hydrogens (primary N) is 1. The summed E-state index contributed by atoms with van der Waals surface area (Å²) in [6.07, 6.45) is 2.81. The Morgan fingerprint density at radius 2 is 1.85 bits per heavy atom. The van der Waals surface area contributed by atoms with Crippen LogP contribution in [0.2, 0.25) is 0 Å². The lowest BCUT2D eigenvalue weighted by Crippen LogP contribution is -2.28. The highest BCUT2D eigenvalue weighted by Gasteiger charge is 2.09. The van der Waals surface area contributed by atoms with E-state index in [0.29, 0.717) is 24.0 Å². The Bertz CT molecular complexity index is 546. The van der Waals surface area contributed by atoms with E-state index in [1.54, 1.807) is 0 Å². The number of sulfonamides is 1. The minimum Gasteiger partial charge on any atom is -0.368 e. The molecule has 0 bridgehead atoms. The maximum atomic E-state index is 11.0. The molecular formula is C11H22N6O2S. The number of nitrogen functional groups attached to an aromatic ring is 1. The first-order chi connectivity index (χ1) is 9.37. The third-order valence-corrected chi connectivity index (χ3v) is 3.31. The molecule has 0 fully saturated rings. The number of hydrogen-bond donors (Lipinski definition) is 4. The fraction of sp³-hybridized carbons (Fsp3) is 0.636. The van der Waals surface area contributed by atoms with E-state index in [1.807, 2.05) is 13.8 Å². The first-order valence-corrected chi connectivity index (χ1v) is 8.29. The first kappa shape index (κ1) is 16.6. The Labute approximate surface area is 119 Å². The molecule has 0 aliphatic heterocycles. The number of nitrogens with one attached hydrogen (secondary N) is 3. The standard InChI is InChI=1S/C11H22N6O2S/c1-4-5-9-15-10(8(2)11(16-9)17-12)13-6-7-14-20(3,18)19/h14H,4-7,12H2,1-3H3,(H2,13,15,16,17). The van der Waals surface area contributed by atoms with Crippen LogP contribution in [0, 0.1) is 6.92 Å². The van der Waals surface area contributed by atoms with Crippen LogP contribution in [0.4, 0.5) is 11.6 Å². The fourth-order valence-electron chi connectivity index (χ4n) is 1.63. The van der Waals surface area contributed by atoms with Gasteiger partial charge in [0.05, 0.1) is 6.26 Å². The topological polar surface area (TPSA) is 122 Å². The van der Waals surface area contributed by atoms with E-state index in [1.165, 1.54) is 0 Å². The lowest BCUT2D eigenvalue weighted by Gasteiger charge is -2.13. The van der Waals surface area contributed by atoms with Gasteiger partial charge in [-0.2, -0.15) is 0 Å². The van der Waals surface area contributed by atoms with Crippen molar-refractivity contribution in [3.05, 3.63) is 11.4 Å². The van der Waals surface area contributed by atoms with Crippen LogP contribution in [0.5, 0.6) is 0 Å². The third-order valence-electron chi connectivity index (χ3n) is 2.58. The van der Waals surface area contributed by atoms with Crippen LogP contribution in [0.3, 0.4) is 0 Å². The lowest BCUT2D eigenvalue weighted by molar-refractivity contribution is 0.589. The second kappa shape index (κ2) is 7.36. The normalized spacial score (nSPS) is 11.4. The molecule has 1 heterocycles. The van der Waals surface area contributed by atoms with Crippen molar-refractivity contribution in [2.75, 3.05) is 30.1 Å². The number of aryl methyl sites for hydroxylation is 1. The summed E-state index contributed by atoms with van der Waals surface area (Å²) in [6.45, 7) is 4.61. The zero-order chi connectivity index (χ0) is 15.2. The smallest absolute Gasteiger partial charge is 0.208 e. The van der Waals surface area contributed by atoms with E-state index >= 15 is 0 Å². The molecule has 1 aromatic heterocycles. The number of hydrogen-bond acceptors (Lipinski definition) is 7. The molecule has 0 saturated heterocycles. The number of nitrogens with zero attached hydrogens (tertiary/aromatic N) is 2. The second-order valence-electron chi connectivity index (χ2n) is 4.45. The fourth-order valence-corrected chi connectivity index (χ4v) is 2.10. The van der Waals surface area contributed by atoms with Gasteiger partial charge >= 0.3 is 0 Å². The molecule has 0 radical (unpaired) electrons. The highest BCUT2D eigenvalue weighted by atomic mass is 32.2. The molecule has 0 amide bonds. The number of hydrazine groups is 1. The van der Waals surface area contributed by atoms with Crippen molar-refractivity contribution in [2.24, 2.45) is 5.84 Å². The predicted octanol–water partition coefficient (Wildman–Crippen LogP) is -0.0158. The van der Waals surface area contributed by atoms with Gasteiger partial charge in [0.1, 0.15) is 17.5 Å². The van der Waals surface area contributed by atoms with E-state index < -0.39 is 10.0 Å². The van der Waals surface area contributed by atoms with Crippen LogP contribution in [-0.4, -0.2) is 37.7 Å². The summed E-state index contributed by atoms with van der Waals surface area (Å²) in [6, 6.07) is 0. The van der Waals surface area contributed by atoms with Crippen molar-refractivity contribution in [3.63, 3.8) is 0 Å². The third kappa shape index (κ3) is 5.27. The van der Waals surface area contributed by atoms with Crippen LogP contribution in [0.15, 0.2) is 0 Å². The van der Waals surface area contributed by atoms with Gasteiger partial charge in [-0.25, -0.2) is 29.0 Å². The summed E-state index contributed by atoms with van der Waals surface area (Å²) in [5, 5.41) is 3.09. The Kier molecular flexibility index (Phi) is 6.11. The summed E-state index contributed by atoms with van der Waals surface area (Å²) in [4.78, 5) is 8.72. The molecular weight excluding hydrogens is 280 g/mol. The van der Waals surface area contributed by atoms with Crippen LogP contribution >= 0.6 is 0 Å². The van der Waals surface area contributed by atoms with Gasteiger partial charge < -0.3 is 10.7 Å². The van der Waals surface area contributed by atoms with Gasteiger partial charge in [-0.3, -0.25) is 0 Å². The van der Waals surface area contributed by atoms with E-state index in [2.05, 4.69) is 25.4 Å². The predicted molar refractivity (Wildman–Crippen MR) is 79.9 cm³/mol. The van der Waals surface area contributed by atoms with E-state index in [0.717, 1.165) is 24.7 Å². The van der Waals surface area contributed by atoms with Crippen molar-refractivity contribution in [2.45, 2.75) is 26.7 Å². The maximum Gasteiger partial charge on any atom is 0.208 e. The number of rotatable bonds is 8. The first-order valence-electron chi connectivity index (χ1n) is 6.40. The van der Waals surface area contributed by atoms with Crippen molar-refractivity contribution in [3.8, 4) is 0 Å². The molecule has 20 heavy (non-hydrogen) atoms. The molecule has 0 aromatic carbocycles. The molecule has 9 heteroatoms. The van der Waals surface area contributed by atoms with Crippen LogP contribution < -0.4 is 21.3 Å². The van der Waals surface area contributed by atoms with Gasteiger partial charge in [-0.05, 0) is 13.3 Å². The molecule has 0 spiro atoms. The quantitative estimate of drug-likeness (QED) is 0.302. The van der Waals surface area contributed by atoms with Gasteiger partial charge in [0.25, 0.3) is 0 Å². The lowest BCUT2D eigenvalue weighted by atomic mass is 10.2. The van der Waals surface area contributed by atoms with Crippen molar-refractivity contribution < 1.29 is 8.42 Å². The zero-order valence-electron chi connectivity index (χ0n) is 12.0. The molecule has 0 aliphatic rings. The largest absolute Gasteiger partial charge is 0.368 e. The highest BCUT2D eigenvalue weighted by Crippen LogP contribution is 2.19. The Hall–Kier alpha value is -1.45. The zero-order valence-corrected chi connectivity index (χ0v) is 12.8. The molecule has 1 rings (SSSR count). The Morgan fingerprint density at radius 3 is 2.40 bits per heavy atom. The molecule has 0 aliphatic carbocycles. The minimum absolute atomic E-state index is 0.288. The van der Waals surface area contributed by atoms with Gasteiger partial charge in [-0.1, -0.05) is 6.92 Å². The Balaban J connectivity index is 2.75. The van der Waals surface area contributed by atoms with Crippen LogP contribution in [0.1, 0.15) is 24.7 Å². The summed E-state index contributed by atoms with van der Waals surface area (Å²) in [5.41, 5.74) is 3.34.